The largest absolute Gasteiger partial charge is 0.493 e. The summed E-state index contributed by atoms with van der Waals surface area (Å²) in [6.45, 7) is 6.01. The van der Waals surface area contributed by atoms with Crippen LogP contribution in [-0.4, -0.2) is 13.2 Å². The molecule has 0 spiro atoms. The van der Waals surface area contributed by atoms with Crippen LogP contribution in [0.3, 0.4) is 0 Å². The summed E-state index contributed by atoms with van der Waals surface area (Å²) < 4.78 is 15.5. The molecule has 0 atom stereocenters. The summed E-state index contributed by atoms with van der Waals surface area (Å²) in [6.07, 6.45) is 14.6. The van der Waals surface area contributed by atoms with Gasteiger partial charge in [-0.25, -0.2) is 0 Å². The second-order valence-corrected chi connectivity index (χ2v) is 26.7. The Morgan fingerprint density at radius 1 is 0.227 bits per heavy atom. The van der Waals surface area contributed by atoms with Crippen molar-refractivity contribution in [3.8, 4) is 23.3 Å². The fraction of sp³-hybridized carbons (Fsp3) is 0.279. The first-order chi connectivity index (χ1) is 43.7. The van der Waals surface area contributed by atoms with Gasteiger partial charge in [0.25, 0.3) is 0 Å². The molecule has 0 amide bonds. The van der Waals surface area contributed by atoms with Crippen molar-refractivity contribution in [3.05, 3.63) is 339 Å². The van der Waals surface area contributed by atoms with Gasteiger partial charge in [-0.05, 0) is 124 Å². The van der Waals surface area contributed by atoms with Gasteiger partial charge in [0.05, 0.1) is 13.2 Å². The number of rotatable bonds is 16. The van der Waals surface area contributed by atoms with Crippen molar-refractivity contribution in [3.63, 3.8) is 0 Å². The summed E-state index contributed by atoms with van der Waals surface area (Å²) in [5.74, 6) is 11.2. The SMILES string of the molecule is CCCCCCCCOc1c2c(c(C#Cc3c4c(c(OCCCCCCCC)c5c3C3c6ccccc6C5c5ccccc53)C3c5ccccc5C4c4ccccc43)c3c1C1c4ccccc4C3c3ccccc31)C1c3ccccc3C2c2ccccc21. The Morgan fingerprint density at radius 2 is 0.398 bits per heavy atom. The molecule has 12 aliphatic rings. The molecule has 0 aromatic heterocycles. The van der Waals surface area contributed by atoms with Crippen molar-refractivity contribution < 1.29 is 9.47 Å². The van der Waals surface area contributed by atoms with E-state index >= 15 is 0 Å². The zero-order chi connectivity index (χ0) is 58.1. The molecule has 2 heteroatoms. The predicted octanol–water partition coefficient (Wildman–Crippen LogP) is 20.5. The molecule has 0 heterocycles. The van der Waals surface area contributed by atoms with E-state index < -0.39 is 0 Å². The van der Waals surface area contributed by atoms with Crippen molar-refractivity contribution in [2.45, 2.75) is 138 Å². The number of unbranched alkanes of at least 4 members (excludes halogenated alkanes) is 10. The number of hydrogen-bond donors (Lipinski definition) is 0. The molecule has 0 fully saturated rings. The van der Waals surface area contributed by atoms with Gasteiger partial charge in [-0.15, -0.1) is 0 Å². The Kier molecular flexibility index (Phi) is 12.5. The Hall–Kier alpha value is -8.64. The fourth-order valence-electron chi connectivity index (χ4n) is 18.9. The molecule has 430 valence electrons. The van der Waals surface area contributed by atoms with Crippen LogP contribution < -0.4 is 9.47 Å². The van der Waals surface area contributed by atoms with Gasteiger partial charge in [0.2, 0.25) is 0 Å². The third-order valence-corrected chi connectivity index (χ3v) is 22.3. The van der Waals surface area contributed by atoms with Gasteiger partial charge in [-0.1, -0.05) is 284 Å². The van der Waals surface area contributed by atoms with Crippen molar-refractivity contribution >= 4 is 0 Å². The highest BCUT2D eigenvalue weighted by Gasteiger charge is 2.54. The highest BCUT2D eigenvalue weighted by atomic mass is 16.5. The van der Waals surface area contributed by atoms with Crippen LogP contribution in [-0.2, 0) is 0 Å². The van der Waals surface area contributed by atoms with Crippen LogP contribution in [0.15, 0.2) is 194 Å². The van der Waals surface area contributed by atoms with Gasteiger partial charge in [0.1, 0.15) is 11.5 Å². The van der Waals surface area contributed by atoms with Gasteiger partial charge in [0.15, 0.2) is 0 Å². The van der Waals surface area contributed by atoms with Crippen LogP contribution in [0.25, 0.3) is 0 Å². The number of benzene rings is 10. The molecule has 0 saturated carbocycles. The molecule has 10 aromatic rings. The summed E-state index contributed by atoms with van der Waals surface area (Å²) in [6, 6.07) is 75.3. The molecular formula is C86H74O2. The minimum Gasteiger partial charge on any atom is -0.493 e. The molecule has 88 heavy (non-hydrogen) atoms. The lowest BCUT2D eigenvalue weighted by Gasteiger charge is -2.49. The fourth-order valence-corrected chi connectivity index (χ4v) is 18.9. The molecule has 0 saturated heterocycles. The molecular weight excluding hydrogens is 1060 g/mol. The predicted molar refractivity (Wildman–Crippen MR) is 356 cm³/mol. The minimum absolute atomic E-state index is 0.000170. The standard InChI is InChI=1S/C86H74O2/c1-3-5-7-9-11-29-49-87-85-81-73-59-39-21-13-31-51(59)69(52-32-14-22-40-60(52)73)77(81)67(78-70-53-33-15-23-41-61(53)74(82(78)85)62-42-24-16-34-54(62)70)47-48-68-79-71-55-35-17-25-43-63(55)75(64-44-26-18-36-56(64)71)83(79)86(88-50-30-12-10-8-6-4-2)84-76-65-45-27-19-37-57(65)72(80(68)84)58-38-20-28-46-66(58)76/h13-28,31-46,69-76H,3-12,29-30,49-50H2,1-2H3. The second-order valence-electron chi connectivity index (χ2n) is 26.7. The average Bonchev–Trinajstić information content (AvgIpc) is 0.681. The summed E-state index contributed by atoms with van der Waals surface area (Å²) >= 11 is 0. The van der Waals surface area contributed by atoms with E-state index in [0.717, 1.165) is 24.3 Å². The molecule has 10 aromatic carbocycles. The van der Waals surface area contributed by atoms with Crippen molar-refractivity contribution in [2.75, 3.05) is 13.2 Å². The van der Waals surface area contributed by atoms with Crippen LogP contribution in [0.5, 0.6) is 11.5 Å². The summed E-state index contributed by atoms with van der Waals surface area (Å²) in [5.41, 5.74) is 35.8. The van der Waals surface area contributed by atoms with Crippen molar-refractivity contribution in [1.82, 2.24) is 0 Å². The van der Waals surface area contributed by atoms with E-state index in [0.29, 0.717) is 13.2 Å². The molecule has 0 aliphatic heterocycles. The van der Waals surface area contributed by atoms with Gasteiger partial charge < -0.3 is 9.47 Å². The molecule has 8 bridgehead atoms. The van der Waals surface area contributed by atoms with Gasteiger partial charge in [-0.2, -0.15) is 0 Å². The van der Waals surface area contributed by atoms with E-state index in [1.54, 1.807) is 0 Å². The summed E-state index contributed by atoms with van der Waals surface area (Å²) in [7, 11) is 0. The zero-order valence-corrected chi connectivity index (χ0v) is 50.8. The summed E-state index contributed by atoms with van der Waals surface area (Å²) in [4.78, 5) is 0. The monoisotopic (exact) mass is 1140 g/mol. The lowest BCUT2D eigenvalue weighted by atomic mass is 9.54. The first-order valence-electron chi connectivity index (χ1n) is 33.7. The van der Waals surface area contributed by atoms with E-state index in [-0.39, 0.29) is 47.3 Å². The molecule has 22 rings (SSSR count). The Morgan fingerprint density at radius 3 is 0.591 bits per heavy atom. The molecule has 0 unspecified atom stereocenters. The van der Waals surface area contributed by atoms with Crippen LogP contribution in [0.2, 0.25) is 0 Å². The van der Waals surface area contributed by atoms with E-state index in [9.17, 15) is 0 Å². The zero-order valence-electron chi connectivity index (χ0n) is 50.8. The molecule has 12 aliphatic carbocycles. The maximum Gasteiger partial charge on any atom is 0.128 e. The first kappa shape index (κ1) is 52.5. The quantitative estimate of drug-likeness (QED) is 0.0709. The number of hydrogen-bond acceptors (Lipinski definition) is 2. The highest BCUT2D eigenvalue weighted by molar-refractivity contribution is 5.86. The topological polar surface area (TPSA) is 18.5 Å². The average molecular weight is 1140 g/mol. The summed E-state index contributed by atoms with van der Waals surface area (Å²) in [5, 5.41) is 0. The van der Waals surface area contributed by atoms with Crippen molar-refractivity contribution in [1.29, 1.82) is 0 Å². The minimum atomic E-state index is -0.0190. The Balaban J connectivity index is 0.955. The maximum absolute atomic E-state index is 7.76. The third-order valence-electron chi connectivity index (χ3n) is 22.3. The van der Waals surface area contributed by atoms with E-state index in [1.165, 1.54) is 209 Å². The van der Waals surface area contributed by atoms with Crippen LogP contribution in [0, 0.1) is 11.8 Å². The van der Waals surface area contributed by atoms with E-state index in [4.69, 9.17) is 9.47 Å². The normalized spacial score (nSPS) is 20.7. The number of ether oxygens (including phenoxy) is 2. The van der Waals surface area contributed by atoms with E-state index in [1.807, 2.05) is 0 Å². The smallest absolute Gasteiger partial charge is 0.128 e. The van der Waals surface area contributed by atoms with Crippen LogP contribution in [0.1, 0.15) is 283 Å². The van der Waals surface area contributed by atoms with E-state index in [2.05, 4.69) is 220 Å². The van der Waals surface area contributed by atoms with Gasteiger partial charge in [0, 0.05) is 80.7 Å². The third kappa shape index (κ3) is 7.43. The Labute approximate surface area is 520 Å². The Bertz CT molecular complexity index is 3840. The van der Waals surface area contributed by atoms with Crippen molar-refractivity contribution in [2.24, 2.45) is 0 Å². The van der Waals surface area contributed by atoms with Crippen LogP contribution >= 0.6 is 0 Å². The highest BCUT2D eigenvalue weighted by Crippen LogP contribution is 2.69. The first-order valence-corrected chi connectivity index (χ1v) is 33.7. The molecule has 0 N–H and O–H groups in total. The lowest BCUT2D eigenvalue weighted by molar-refractivity contribution is 0.295. The maximum atomic E-state index is 7.76. The van der Waals surface area contributed by atoms with Gasteiger partial charge >= 0.3 is 0 Å². The second kappa shape index (κ2) is 21.0. The molecule has 0 radical (unpaired) electrons. The lowest BCUT2D eigenvalue weighted by Crippen LogP contribution is -2.35. The molecule has 2 nitrogen and oxygen atoms in total. The van der Waals surface area contributed by atoms with Gasteiger partial charge in [-0.3, -0.25) is 0 Å². The van der Waals surface area contributed by atoms with Crippen LogP contribution in [0.4, 0.5) is 0 Å².